The van der Waals surface area contributed by atoms with Crippen molar-refractivity contribution in [2.45, 2.75) is 38.1 Å². The van der Waals surface area contributed by atoms with Gasteiger partial charge in [-0.15, -0.1) is 0 Å². The smallest absolute Gasteiger partial charge is 0.203 e. The molecular weight excluding hydrogens is 400 g/mol. The summed E-state index contributed by atoms with van der Waals surface area (Å²) in [5.74, 6) is 3.50. The van der Waals surface area contributed by atoms with Gasteiger partial charge in [-0.2, -0.15) is 0 Å². The van der Waals surface area contributed by atoms with E-state index in [1.54, 1.807) is 42.7 Å². The molecule has 7 heteroatoms. The lowest BCUT2D eigenvalue weighted by Gasteiger charge is -2.38. The molecule has 4 rings (SSSR count). The van der Waals surface area contributed by atoms with E-state index >= 15 is 0 Å². The fourth-order valence-electron chi connectivity index (χ4n) is 5.42. The molecule has 31 heavy (non-hydrogen) atoms. The topological polar surface area (TPSA) is 64.6 Å². The molecule has 1 fully saturated rings. The van der Waals surface area contributed by atoms with Crippen molar-refractivity contribution in [3.63, 3.8) is 0 Å². The Morgan fingerprint density at radius 1 is 0.774 bits per heavy atom. The van der Waals surface area contributed by atoms with Gasteiger partial charge in [-0.25, -0.2) is 0 Å². The molecule has 7 nitrogen and oxygen atoms in total. The highest BCUT2D eigenvalue weighted by atomic mass is 16.5. The first-order chi connectivity index (χ1) is 15.0. The molecular formula is C24H32O7. The normalized spacial score (nSPS) is 31.3. The Bertz CT molecular complexity index is 919. The van der Waals surface area contributed by atoms with Gasteiger partial charge in [0.1, 0.15) is 6.10 Å². The SMILES string of the molecule is COC1=C(OC)[C@H](OC)[C@H]2C(=C1)[C@H]1O[C@@H](c3cc(OC)c(OC)c(OC)c32)[C@H](C)[C@@H]1C. The van der Waals surface area contributed by atoms with Crippen LogP contribution in [0, 0.1) is 11.8 Å². The van der Waals surface area contributed by atoms with Gasteiger partial charge in [0.2, 0.25) is 5.75 Å². The number of methoxy groups -OCH3 is 6. The van der Waals surface area contributed by atoms with Crippen molar-refractivity contribution in [1.82, 2.24) is 0 Å². The summed E-state index contributed by atoms with van der Waals surface area (Å²) in [7, 11) is 9.85. The van der Waals surface area contributed by atoms with Crippen LogP contribution in [0.15, 0.2) is 29.2 Å². The number of fused-ring (bicyclic) bond motifs is 7. The number of benzene rings is 1. The zero-order chi connectivity index (χ0) is 22.4. The molecule has 1 aliphatic carbocycles. The highest BCUT2D eigenvalue weighted by Gasteiger charge is 2.53. The number of rotatable bonds is 6. The number of hydrogen-bond acceptors (Lipinski definition) is 7. The van der Waals surface area contributed by atoms with Crippen LogP contribution in [0.4, 0.5) is 0 Å². The minimum Gasteiger partial charge on any atom is -0.494 e. The Balaban J connectivity index is 2.08. The molecule has 6 atom stereocenters. The second kappa shape index (κ2) is 8.28. The fourth-order valence-corrected chi connectivity index (χ4v) is 5.42. The van der Waals surface area contributed by atoms with E-state index < -0.39 is 6.10 Å². The van der Waals surface area contributed by atoms with Gasteiger partial charge in [-0.05, 0) is 35.1 Å². The first-order valence-corrected chi connectivity index (χ1v) is 10.5. The molecule has 2 aliphatic heterocycles. The molecule has 2 bridgehead atoms. The Kier molecular flexibility index (Phi) is 5.83. The van der Waals surface area contributed by atoms with Gasteiger partial charge < -0.3 is 33.2 Å². The zero-order valence-electron chi connectivity index (χ0n) is 19.5. The predicted octanol–water partition coefficient (Wildman–Crippen LogP) is 3.98. The largest absolute Gasteiger partial charge is 0.494 e. The molecule has 0 aromatic heterocycles. The van der Waals surface area contributed by atoms with Gasteiger partial charge >= 0.3 is 0 Å². The molecule has 0 unspecified atom stereocenters. The van der Waals surface area contributed by atoms with Crippen LogP contribution < -0.4 is 14.2 Å². The summed E-state index contributed by atoms with van der Waals surface area (Å²) < 4.78 is 41.4. The number of hydrogen-bond donors (Lipinski definition) is 0. The van der Waals surface area contributed by atoms with Crippen molar-refractivity contribution in [2.24, 2.45) is 11.8 Å². The van der Waals surface area contributed by atoms with Crippen LogP contribution in [0.2, 0.25) is 0 Å². The monoisotopic (exact) mass is 432 g/mol. The Hall–Kier alpha value is -2.38. The van der Waals surface area contributed by atoms with Gasteiger partial charge in [0, 0.05) is 18.6 Å². The summed E-state index contributed by atoms with van der Waals surface area (Å²) in [6.45, 7) is 4.47. The van der Waals surface area contributed by atoms with E-state index in [9.17, 15) is 0 Å². The summed E-state index contributed by atoms with van der Waals surface area (Å²) in [5.41, 5.74) is 3.10. The van der Waals surface area contributed by atoms with Crippen molar-refractivity contribution in [3.05, 3.63) is 40.4 Å². The van der Waals surface area contributed by atoms with Gasteiger partial charge in [0.15, 0.2) is 23.0 Å². The second-order valence-corrected chi connectivity index (χ2v) is 8.26. The van der Waals surface area contributed by atoms with Crippen molar-refractivity contribution < 1.29 is 33.2 Å². The van der Waals surface area contributed by atoms with Crippen LogP contribution >= 0.6 is 0 Å². The van der Waals surface area contributed by atoms with Gasteiger partial charge in [-0.1, -0.05) is 13.8 Å². The molecule has 0 amide bonds. The third-order valence-electron chi connectivity index (χ3n) is 7.08. The Morgan fingerprint density at radius 3 is 2.00 bits per heavy atom. The second-order valence-electron chi connectivity index (χ2n) is 8.26. The molecule has 0 spiro atoms. The Morgan fingerprint density at radius 2 is 1.45 bits per heavy atom. The van der Waals surface area contributed by atoms with Crippen LogP contribution in [0.25, 0.3) is 0 Å². The van der Waals surface area contributed by atoms with E-state index in [1.807, 2.05) is 12.1 Å². The van der Waals surface area contributed by atoms with Gasteiger partial charge in [0.25, 0.3) is 0 Å². The van der Waals surface area contributed by atoms with Crippen LogP contribution in [0.3, 0.4) is 0 Å². The Labute approximate surface area is 183 Å². The summed E-state index contributed by atoms with van der Waals surface area (Å²) in [6, 6.07) is 2.02. The molecule has 0 saturated carbocycles. The molecule has 0 radical (unpaired) electrons. The van der Waals surface area contributed by atoms with E-state index in [0.29, 0.717) is 40.6 Å². The molecule has 1 aromatic carbocycles. The molecule has 3 aliphatic rings. The first-order valence-electron chi connectivity index (χ1n) is 10.5. The average molecular weight is 433 g/mol. The highest BCUT2D eigenvalue weighted by Crippen LogP contribution is 2.60. The minimum absolute atomic E-state index is 0.0831. The van der Waals surface area contributed by atoms with Gasteiger partial charge in [-0.3, -0.25) is 0 Å². The van der Waals surface area contributed by atoms with E-state index in [4.69, 9.17) is 33.2 Å². The lowest BCUT2D eigenvalue weighted by Crippen LogP contribution is -2.36. The van der Waals surface area contributed by atoms with Crippen molar-refractivity contribution >= 4 is 0 Å². The molecule has 0 N–H and O–H groups in total. The summed E-state index contributed by atoms with van der Waals surface area (Å²) in [6.07, 6.45) is 1.45. The number of allylic oxidation sites excluding steroid dienone is 1. The molecule has 1 aromatic rings. The van der Waals surface area contributed by atoms with Crippen LogP contribution in [0.5, 0.6) is 17.2 Å². The van der Waals surface area contributed by atoms with Crippen molar-refractivity contribution in [2.75, 3.05) is 42.7 Å². The summed E-state index contributed by atoms with van der Waals surface area (Å²) in [4.78, 5) is 0. The van der Waals surface area contributed by atoms with Gasteiger partial charge in [0.05, 0.1) is 47.8 Å². The van der Waals surface area contributed by atoms with Crippen LogP contribution in [-0.4, -0.2) is 54.9 Å². The van der Waals surface area contributed by atoms with E-state index in [2.05, 4.69) is 13.8 Å². The summed E-state index contributed by atoms with van der Waals surface area (Å²) in [5, 5.41) is 0. The standard InChI is InChI=1S/C24H32O7/c1-11-12(2)20-14-10-16(26-4)22(28-6)24(30-8)18(14)17-13(19(11)31-20)9-15(25-3)21(27-5)23(17)29-7/h9-12,17,19-20,23H,1-8H3/t11-,12+,17-,19-,20+,23+/m0/s1. The first kappa shape index (κ1) is 21.8. The molecule has 2 heterocycles. The maximum absolute atomic E-state index is 6.68. The summed E-state index contributed by atoms with van der Waals surface area (Å²) >= 11 is 0. The highest BCUT2D eigenvalue weighted by molar-refractivity contribution is 5.65. The van der Waals surface area contributed by atoms with E-state index in [1.165, 1.54) is 0 Å². The van der Waals surface area contributed by atoms with E-state index in [0.717, 1.165) is 16.7 Å². The van der Waals surface area contributed by atoms with E-state index in [-0.39, 0.29) is 18.1 Å². The zero-order valence-corrected chi connectivity index (χ0v) is 19.5. The maximum atomic E-state index is 6.68. The third-order valence-corrected chi connectivity index (χ3v) is 7.08. The molecule has 1 saturated heterocycles. The number of ether oxygens (including phenoxy) is 7. The quantitative estimate of drug-likeness (QED) is 0.674. The lowest BCUT2D eigenvalue weighted by molar-refractivity contribution is 0.0319. The molecule has 170 valence electrons. The average Bonchev–Trinajstić information content (AvgIpc) is 3.01. The third kappa shape index (κ3) is 3.01. The predicted molar refractivity (Wildman–Crippen MR) is 115 cm³/mol. The van der Waals surface area contributed by atoms with Crippen molar-refractivity contribution in [3.8, 4) is 17.2 Å². The lowest BCUT2D eigenvalue weighted by atomic mass is 9.70. The van der Waals surface area contributed by atoms with Crippen LogP contribution in [-0.2, 0) is 18.9 Å². The maximum Gasteiger partial charge on any atom is 0.203 e. The minimum atomic E-state index is -0.406. The fraction of sp³-hybridized carbons (Fsp3) is 0.583. The van der Waals surface area contributed by atoms with Crippen LogP contribution in [0.1, 0.15) is 37.0 Å². The van der Waals surface area contributed by atoms with Crippen molar-refractivity contribution in [1.29, 1.82) is 0 Å².